The van der Waals surface area contributed by atoms with Gasteiger partial charge in [0.15, 0.2) is 0 Å². The number of nitrogens with zero attached hydrogens (tertiary/aromatic N) is 1. The van der Waals surface area contributed by atoms with Crippen LogP contribution in [0.2, 0.25) is 0 Å². The predicted molar refractivity (Wildman–Crippen MR) is 68.4 cm³/mol. The van der Waals surface area contributed by atoms with Gasteiger partial charge in [-0.15, -0.1) is 0 Å². The summed E-state index contributed by atoms with van der Waals surface area (Å²) in [5.74, 6) is 0. The Morgan fingerprint density at radius 3 is 1.94 bits per heavy atom. The fourth-order valence-corrected chi connectivity index (χ4v) is 2.00. The van der Waals surface area contributed by atoms with Crippen LogP contribution >= 0.6 is 0 Å². The third-order valence-electron chi connectivity index (χ3n) is 2.89. The fourth-order valence-electron chi connectivity index (χ4n) is 2.00. The van der Waals surface area contributed by atoms with E-state index < -0.39 is 6.10 Å². The minimum atomic E-state index is -0.397. The van der Waals surface area contributed by atoms with E-state index in [9.17, 15) is 5.11 Å². The molecule has 0 aliphatic heterocycles. The highest BCUT2D eigenvalue weighted by Gasteiger charge is 2.18. The van der Waals surface area contributed by atoms with Crippen molar-refractivity contribution in [3.05, 3.63) is 35.9 Å². The third-order valence-corrected chi connectivity index (χ3v) is 2.89. The summed E-state index contributed by atoms with van der Waals surface area (Å²) >= 11 is 0. The molecule has 0 aromatic heterocycles. The Hall–Kier alpha value is -0.860. The van der Waals surface area contributed by atoms with Crippen LogP contribution in [0.3, 0.4) is 0 Å². The molecular formula is C14H23NO. The standard InChI is InChI=1S/C14H23NO/c1-11(2)15(12(3)4)10-14(16)13-8-6-5-7-9-13/h5-9,11-12,14,16H,10H2,1-4H3. The molecule has 0 aliphatic rings. The second kappa shape index (κ2) is 6.02. The van der Waals surface area contributed by atoms with E-state index in [2.05, 4.69) is 32.6 Å². The number of aliphatic hydroxyl groups excluding tert-OH is 1. The summed E-state index contributed by atoms with van der Waals surface area (Å²) < 4.78 is 0. The van der Waals surface area contributed by atoms with Crippen LogP contribution in [0.4, 0.5) is 0 Å². The second-order valence-electron chi connectivity index (χ2n) is 4.81. The summed E-state index contributed by atoms with van der Waals surface area (Å²) in [4.78, 5) is 2.30. The zero-order chi connectivity index (χ0) is 12.1. The maximum Gasteiger partial charge on any atom is 0.0917 e. The van der Waals surface area contributed by atoms with E-state index in [1.54, 1.807) is 0 Å². The van der Waals surface area contributed by atoms with Gasteiger partial charge in [0.05, 0.1) is 6.10 Å². The van der Waals surface area contributed by atoms with Crippen LogP contribution in [0.5, 0.6) is 0 Å². The lowest BCUT2D eigenvalue weighted by molar-refractivity contribution is 0.0756. The summed E-state index contributed by atoms with van der Waals surface area (Å²) in [6, 6.07) is 10.8. The smallest absolute Gasteiger partial charge is 0.0917 e. The first kappa shape index (κ1) is 13.2. The van der Waals surface area contributed by atoms with E-state index in [0.717, 1.165) is 5.56 Å². The van der Waals surface area contributed by atoms with Crippen molar-refractivity contribution in [3.63, 3.8) is 0 Å². The summed E-state index contributed by atoms with van der Waals surface area (Å²) in [5, 5.41) is 10.1. The highest BCUT2D eigenvalue weighted by atomic mass is 16.3. The minimum absolute atomic E-state index is 0.397. The van der Waals surface area contributed by atoms with E-state index in [1.807, 2.05) is 30.3 Å². The molecule has 1 N–H and O–H groups in total. The Morgan fingerprint density at radius 2 is 1.50 bits per heavy atom. The molecule has 0 bridgehead atoms. The van der Waals surface area contributed by atoms with Crippen LogP contribution in [0, 0.1) is 0 Å². The maximum absolute atomic E-state index is 10.1. The van der Waals surface area contributed by atoms with Gasteiger partial charge in [-0.3, -0.25) is 4.90 Å². The average molecular weight is 221 g/mol. The van der Waals surface area contributed by atoms with E-state index in [4.69, 9.17) is 0 Å². The lowest BCUT2D eigenvalue weighted by atomic mass is 10.1. The molecule has 0 heterocycles. The van der Waals surface area contributed by atoms with Crippen LogP contribution < -0.4 is 0 Å². The van der Waals surface area contributed by atoms with Crippen LogP contribution in [0.25, 0.3) is 0 Å². The van der Waals surface area contributed by atoms with Crippen molar-refractivity contribution < 1.29 is 5.11 Å². The third kappa shape index (κ3) is 3.62. The van der Waals surface area contributed by atoms with Gasteiger partial charge in [0, 0.05) is 18.6 Å². The van der Waals surface area contributed by atoms with Gasteiger partial charge in [0.25, 0.3) is 0 Å². The molecule has 1 aromatic rings. The van der Waals surface area contributed by atoms with E-state index in [-0.39, 0.29) is 0 Å². The Labute approximate surface area is 98.9 Å². The number of hydrogen-bond acceptors (Lipinski definition) is 2. The first-order valence-corrected chi connectivity index (χ1v) is 6.01. The predicted octanol–water partition coefficient (Wildman–Crippen LogP) is 2.84. The Balaban J connectivity index is 2.65. The molecule has 2 nitrogen and oxygen atoms in total. The first-order chi connectivity index (χ1) is 7.52. The van der Waals surface area contributed by atoms with Crippen molar-refractivity contribution in [2.45, 2.75) is 45.9 Å². The molecule has 0 spiro atoms. The summed E-state index contributed by atoms with van der Waals surface area (Å²) in [5.41, 5.74) is 0.994. The Morgan fingerprint density at radius 1 is 1.00 bits per heavy atom. The molecule has 0 saturated heterocycles. The van der Waals surface area contributed by atoms with Crippen molar-refractivity contribution in [2.24, 2.45) is 0 Å². The Bertz CT molecular complexity index is 287. The van der Waals surface area contributed by atoms with Crippen LogP contribution in [-0.4, -0.2) is 28.6 Å². The zero-order valence-corrected chi connectivity index (χ0v) is 10.7. The molecule has 0 radical (unpaired) electrons. The summed E-state index contributed by atoms with van der Waals surface area (Å²) in [6.45, 7) is 9.35. The Kier molecular flexibility index (Phi) is 4.97. The quantitative estimate of drug-likeness (QED) is 0.826. The van der Waals surface area contributed by atoms with Gasteiger partial charge in [-0.1, -0.05) is 30.3 Å². The zero-order valence-electron chi connectivity index (χ0n) is 10.7. The molecule has 90 valence electrons. The number of rotatable bonds is 5. The van der Waals surface area contributed by atoms with Crippen molar-refractivity contribution >= 4 is 0 Å². The van der Waals surface area contributed by atoms with Crippen LogP contribution in [0.1, 0.15) is 39.4 Å². The number of benzene rings is 1. The van der Waals surface area contributed by atoms with Gasteiger partial charge in [0.2, 0.25) is 0 Å². The molecule has 1 rings (SSSR count). The molecule has 16 heavy (non-hydrogen) atoms. The lowest BCUT2D eigenvalue weighted by Gasteiger charge is -2.32. The second-order valence-corrected chi connectivity index (χ2v) is 4.81. The molecule has 0 fully saturated rings. The molecule has 0 aliphatic carbocycles. The van der Waals surface area contributed by atoms with Crippen LogP contribution in [-0.2, 0) is 0 Å². The molecule has 2 heteroatoms. The largest absolute Gasteiger partial charge is 0.387 e. The number of hydrogen-bond donors (Lipinski definition) is 1. The minimum Gasteiger partial charge on any atom is -0.387 e. The molecule has 1 aromatic carbocycles. The van der Waals surface area contributed by atoms with Gasteiger partial charge in [-0.2, -0.15) is 0 Å². The topological polar surface area (TPSA) is 23.5 Å². The van der Waals surface area contributed by atoms with Gasteiger partial charge in [-0.05, 0) is 33.3 Å². The highest BCUT2D eigenvalue weighted by molar-refractivity contribution is 5.17. The van der Waals surface area contributed by atoms with Gasteiger partial charge >= 0.3 is 0 Å². The molecule has 1 unspecified atom stereocenters. The van der Waals surface area contributed by atoms with E-state index >= 15 is 0 Å². The summed E-state index contributed by atoms with van der Waals surface area (Å²) in [6.07, 6.45) is -0.397. The molecule has 1 atom stereocenters. The first-order valence-electron chi connectivity index (χ1n) is 6.01. The highest BCUT2D eigenvalue weighted by Crippen LogP contribution is 2.16. The van der Waals surface area contributed by atoms with Crippen molar-refractivity contribution in [3.8, 4) is 0 Å². The normalized spacial score (nSPS) is 13.8. The summed E-state index contributed by atoms with van der Waals surface area (Å²) in [7, 11) is 0. The van der Waals surface area contributed by atoms with E-state index in [1.165, 1.54) is 0 Å². The van der Waals surface area contributed by atoms with Gasteiger partial charge < -0.3 is 5.11 Å². The van der Waals surface area contributed by atoms with Gasteiger partial charge in [-0.25, -0.2) is 0 Å². The average Bonchev–Trinajstić information content (AvgIpc) is 2.25. The number of aliphatic hydroxyl groups is 1. The monoisotopic (exact) mass is 221 g/mol. The van der Waals surface area contributed by atoms with E-state index in [0.29, 0.717) is 18.6 Å². The maximum atomic E-state index is 10.1. The van der Waals surface area contributed by atoms with Crippen LogP contribution in [0.15, 0.2) is 30.3 Å². The molecule has 0 saturated carbocycles. The fraction of sp³-hybridized carbons (Fsp3) is 0.571. The van der Waals surface area contributed by atoms with Gasteiger partial charge in [0.1, 0.15) is 0 Å². The van der Waals surface area contributed by atoms with Crippen molar-refractivity contribution in [2.75, 3.05) is 6.54 Å². The van der Waals surface area contributed by atoms with Crippen molar-refractivity contribution in [1.29, 1.82) is 0 Å². The molecule has 0 amide bonds. The lowest BCUT2D eigenvalue weighted by Crippen LogP contribution is -2.39. The van der Waals surface area contributed by atoms with Crippen molar-refractivity contribution in [1.82, 2.24) is 4.90 Å². The SMILES string of the molecule is CC(C)N(CC(O)c1ccccc1)C(C)C. The molecular weight excluding hydrogens is 198 g/mol.